The van der Waals surface area contributed by atoms with Crippen molar-refractivity contribution < 1.29 is 24.2 Å². The fraction of sp³-hybridized carbons (Fsp3) is 0.467. The number of ether oxygens (including phenoxy) is 1. The van der Waals surface area contributed by atoms with Gasteiger partial charge >= 0.3 is 5.97 Å². The molecule has 0 radical (unpaired) electrons. The van der Waals surface area contributed by atoms with Crippen LogP contribution in [0, 0.1) is 12.3 Å². The molecular formula is C15H20N2O5S. The molecule has 0 saturated heterocycles. The lowest BCUT2D eigenvalue weighted by Gasteiger charge is -2.15. The quantitative estimate of drug-likeness (QED) is 0.369. The molecule has 0 saturated carbocycles. The van der Waals surface area contributed by atoms with Crippen molar-refractivity contribution in [3.05, 3.63) is 22.4 Å². The maximum absolute atomic E-state index is 12.1. The molecule has 0 fully saturated rings. The number of aryl methyl sites for hydroxylation is 1. The third-order valence-electron chi connectivity index (χ3n) is 2.67. The van der Waals surface area contributed by atoms with E-state index in [9.17, 15) is 19.5 Å². The zero-order valence-electron chi connectivity index (χ0n) is 13.7. The summed E-state index contributed by atoms with van der Waals surface area (Å²) in [6.45, 7) is 8.56. The summed E-state index contributed by atoms with van der Waals surface area (Å²) in [4.78, 5) is 39.6. The van der Waals surface area contributed by atoms with E-state index in [1.807, 2.05) is 0 Å². The van der Waals surface area contributed by atoms with Gasteiger partial charge in [0.2, 0.25) is 17.4 Å². The molecule has 0 aliphatic rings. The summed E-state index contributed by atoms with van der Waals surface area (Å²) in [5.74, 6) is -2.55. The topological polar surface area (TPSA) is 106 Å². The van der Waals surface area contributed by atoms with Gasteiger partial charge in [-0.25, -0.2) is 9.78 Å². The number of hydrogen-bond acceptors (Lipinski definition) is 7. The zero-order chi connectivity index (χ0) is 17.8. The molecule has 0 bridgehead atoms. The Balaban J connectivity index is 2.94. The molecule has 0 unspecified atom stereocenters. The number of aliphatic hydroxyl groups excluding tert-OH is 1. The number of aliphatic hydroxyl groups is 1. The van der Waals surface area contributed by atoms with Crippen LogP contribution in [0.4, 0.5) is 5.13 Å². The van der Waals surface area contributed by atoms with E-state index in [0.29, 0.717) is 5.69 Å². The van der Waals surface area contributed by atoms with Gasteiger partial charge in [0.05, 0.1) is 17.2 Å². The third kappa shape index (κ3) is 5.17. The lowest BCUT2D eigenvalue weighted by molar-refractivity contribution is -0.141. The van der Waals surface area contributed by atoms with Gasteiger partial charge in [-0.15, -0.1) is 0 Å². The number of anilines is 1. The molecule has 7 nitrogen and oxygen atoms in total. The van der Waals surface area contributed by atoms with Gasteiger partial charge in [0.25, 0.3) is 0 Å². The predicted molar refractivity (Wildman–Crippen MR) is 86.6 cm³/mol. The van der Waals surface area contributed by atoms with Crippen LogP contribution in [0.3, 0.4) is 0 Å². The van der Waals surface area contributed by atoms with Crippen LogP contribution >= 0.6 is 11.3 Å². The number of rotatable bonds is 5. The molecule has 126 valence electrons. The molecule has 1 amide bonds. The molecule has 0 atom stereocenters. The lowest BCUT2D eigenvalue weighted by Crippen LogP contribution is -2.27. The minimum atomic E-state index is -0.968. The molecule has 0 aliphatic carbocycles. The molecule has 2 N–H and O–H groups in total. The van der Waals surface area contributed by atoms with Crippen molar-refractivity contribution in [1.29, 1.82) is 0 Å². The Morgan fingerprint density at radius 2 is 1.96 bits per heavy atom. The van der Waals surface area contributed by atoms with Gasteiger partial charge in [-0.2, -0.15) is 0 Å². The minimum absolute atomic E-state index is 0.0908. The van der Waals surface area contributed by atoms with E-state index in [4.69, 9.17) is 0 Å². The highest BCUT2D eigenvalue weighted by Crippen LogP contribution is 2.25. The number of esters is 1. The van der Waals surface area contributed by atoms with E-state index < -0.39 is 22.9 Å². The molecule has 1 aromatic rings. The molecule has 1 aromatic heterocycles. The monoisotopic (exact) mass is 340 g/mol. The van der Waals surface area contributed by atoms with Gasteiger partial charge < -0.3 is 15.2 Å². The fourth-order valence-corrected chi connectivity index (χ4v) is 2.29. The van der Waals surface area contributed by atoms with E-state index in [1.165, 1.54) is 0 Å². The Hall–Kier alpha value is -2.22. The van der Waals surface area contributed by atoms with Crippen molar-refractivity contribution in [3.8, 4) is 0 Å². The average molecular weight is 340 g/mol. The number of thiazole rings is 1. The second-order valence-electron chi connectivity index (χ2n) is 5.75. The van der Waals surface area contributed by atoms with Crippen molar-refractivity contribution in [1.82, 2.24) is 4.98 Å². The van der Waals surface area contributed by atoms with E-state index in [-0.39, 0.29) is 22.5 Å². The maximum Gasteiger partial charge on any atom is 0.373 e. The summed E-state index contributed by atoms with van der Waals surface area (Å²) in [6, 6.07) is 0. The number of amides is 1. The molecular weight excluding hydrogens is 320 g/mol. The first kappa shape index (κ1) is 18.8. The van der Waals surface area contributed by atoms with Gasteiger partial charge in [0.1, 0.15) is 0 Å². The number of carbonyl (C=O) groups is 3. The first-order chi connectivity index (χ1) is 10.6. The number of aromatic nitrogens is 1. The highest BCUT2D eigenvalue weighted by molar-refractivity contribution is 7.18. The standard InChI is InChI=1S/C15H20N2O5S/c1-6-22-12(20)10(19)7-9(18)11-8(2)16-14(23-11)17-13(21)15(3,4)5/h7,19H,6H2,1-5H3,(H,16,17,21). The summed E-state index contributed by atoms with van der Waals surface area (Å²) >= 11 is 0.979. The van der Waals surface area contributed by atoms with Gasteiger partial charge in [-0.3, -0.25) is 9.59 Å². The van der Waals surface area contributed by atoms with Crippen LogP contribution in [0.15, 0.2) is 11.8 Å². The first-order valence-electron chi connectivity index (χ1n) is 6.97. The summed E-state index contributed by atoms with van der Waals surface area (Å²) in [5, 5.41) is 12.4. The van der Waals surface area contributed by atoms with Gasteiger partial charge in [-0.1, -0.05) is 32.1 Å². The number of allylic oxidation sites excluding steroid dienone is 1. The van der Waals surface area contributed by atoms with Gasteiger partial charge in [0, 0.05) is 11.5 Å². The third-order valence-corrected chi connectivity index (χ3v) is 3.76. The van der Waals surface area contributed by atoms with E-state index >= 15 is 0 Å². The summed E-state index contributed by atoms with van der Waals surface area (Å²) in [6.07, 6.45) is 0.786. The van der Waals surface area contributed by atoms with Crippen LogP contribution in [-0.2, 0) is 14.3 Å². The molecule has 0 aliphatic heterocycles. The van der Waals surface area contributed by atoms with Crippen molar-refractivity contribution in [2.24, 2.45) is 5.41 Å². The van der Waals surface area contributed by atoms with Crippen molar-refractivity contribution in [2.75, 3.05) is 11.9 Å². The van der Waals surface area contributed by atoms with Crippen molar-refractivity contribution >= 4 is 34.1 Å². The van der Waals surface area contributed by atoms with Crippen LogP contribution in [0.25, 0.3) is 0 Å². The average Bonchev–Trinajstić information content (AvgIpc) is 2.78. The fourth-order valence-electron chi connectivity index (χ4n) is 1.42. The molecule has 1 rings (SSSR count). The molecule has 0 aromatic carbocycles. The normalized spacial score (nSPS) is 12.0. The Kier molecular flexibility index (Phi) is 6.03. The number of hydrogen-bond donors (Lipinski definition) is 2. The second-order valence-corrected chi connectivity index (χ2v) is 6.75. The molecule has 1 heterocycles. The Labute approximate surface area is 138 Å². The van der Waals surface area contributed by atoms with E-state index in [1.54, 1.807) is 34.6 Å². The number of ketones is 1. The van der Waals surface area contributed by atoms with Crippen LogP contribution in [0.5, 0.6) is 0 Å². The van der Waals surface area contributed by atoms with Gasteiger partial charge in [0.15, 0.2) is 5.13 Å². The largest absolute Gasteiger partial charge is 0.502 e. The summed E-state index contributed by atoms with van der Waals surface area (Å²) in [5.41, 5.74) is -0.191. The van der Waals surface area contributed by atoms with Crippen molar-refractivity contribution in [2.45, 2.75) is 34.6 Å². The summed E-state index contributed by atoms with van der Waals surface area (Å²) < 4.78 is 4.59. The second kappa shape index (κ2) is 7.36. The highest BCUT2D eigenvalue weighted by atomic mass is 32.1. The van der Waals surface area contributed by atoms with Crippen LogP contribution in [-0.4, -0.2) is 34.4 Å². The lowest BCUT2D eigenvalue weighted by atomic mass is 9.96. The first-order valence-corrected chi connectivity index (χ1v) is 7.79. The highest BCUT2D eigenvalue weighted by Gasteiger charge is 2.24. The minimum Gasteiger partial charge on any atom is -0.502 e. The van der Waals surface area contributed by atoms with E-state index in [2.05, 4.69) is 15.0 Å². The smallest absolute Gasteiger partial charge is 0.373 e. The zero-order valence-corrected chi connectivity index (χ0v) is 14.5. The maximum atomic E-state index is 12.1. The van der Waals surface area contributed by atoms with Crippen LogP contribution in [0.1, 0.15) is 43.1 Å². The Morgan fingerprint density at radius 1 is 1.35 bits per heavy atom. The van der Waals surface area contributed by atoms with E-state index in [0.717, 1.165) is 17.4 Å². The van der Waals surface area contributed by atoms with Crippen LogP contribution < -0.4 is 5.32 Å². The molecule has 8 heteroatoms. The SMILES string of the molecule is CCOC(=O)C(O)=CC(=O)c1sc(NC(=O)C(C)(C)C)nc1C. The predicted octanol–water partition coefficient (Wildman–Crippen LogP) is 2.62. The van der Waals surface area contributed by atoms with Gasteiger partial charge in [-0.05, 0) is 13.8 Å². The Morgan fingerprint density at radius 3 is 2.48 bits per heavy atom. The van der Waals surface area contributed by atoms with Crippen molar-refractivity contribution in [3.63, 3.8) is 0 Å². The Bertz CT molecular complexity index is 655. The molecule has 0 spiro atoms. The number of carbonyl (C=O) groups excluding carboxylic acids is 3. The summed E-state index contributed by atoms with van der Waals surface area (Å²) in [7, 11) is 0. The number of nitrogens with one attached hydrogen (secondary N) is 1. The van der Waals surface area contributed by atoms with Crippen LogP contribution in [0.2, 0.25) is 0 Å². The number of nitrogens with zero attached hydrogens (tertiary/aromatic N) is 1. The molecule has 23 heavy (non-hydrogen) atoms.